The minimum atomic E-state index is -0.275. The Kier molecular flexibility index (Phi) is 4.04. The van der Waals surface area contributed by atoms with Gasteiger partial charge in [-0.1, -0.05) is 5.16 Å². The molecule has 0 N–H and O–H groups in total. The fourth-order valence-electron chi connectivity index (χ4n) is 1.06. The molecule has 0 aliphatic carbocycles. The second-order valence-corrected chi connectivity index (χ2v) is 2.45. The van der Waals surface area contributed by atoms with Crippen LogP contribution in [0.2, 0.25) is 0 Å². The smallest absolute Gasteiger partial charge is 0.197 e. The highest BCUT2D eigenvalue weighted by Gasteiger charge is 2.26. The van der Waals surface area contributed by atoms with Crippen LogP contribution in [0.5, 0.6) is 0 Å². The van der Waals surface area contributed by atoms with Crippen molar-refractivity contribution in [3.63, 3.8) is 0 Å². The normalized spacial score (nSPS) is 21.8. The number of hydrogen-bond acceptors (Lipinski definition) is 4. The summed E-state index contributed by atoms with van der Waals surface area (Å²) in [6, 6.07) is 0. The summed E-state index contributed by atoms with van der Waals surface area (Å²) < 4.78 is 10.7. The summed E-state index contributed by atoms with van der Waals surface area (Å²) in [5, 5.41) is 3.67. The Bertz CT molecular complexity index is 135. The van der Waals surface area contributed by atoms with E-state index < -0.39 is 0 Å². The van der Waals surface area contributed by atoms with Crippen molar-refractivity contribution < 1.29 is 14.3 Å². The molecular weight excluding hydrogens is 158 g/mol. The molecule has 1 rings (SSSR count). The topological polar surface area (TPSA) is 40.0 Å². The van der Waals surface area contributed by atoms with Crippen molar-refractivity contribution in [2.75, 3.05) is 13.2 Å². The molecule has 0 saturated heterocycles. The van der Waals surface area contributed by atoms with E-state index >= 15 is 0 Å². The maximum atomic E-state index is 5.34. The van der Waals surface area contributed by atoms with Crippen molar-refractivity contribution in [2.45, 2.75) is 32.7 Å². The minimum absolute atomic E-state index is 0.0649. The van der Waals surface area contributed by atoms with Crippen molar-refractivity contribution in [2.24, 2.45) is 5.16 Å². The fraction of sp³-hybridized carbons (Fsp3) is 0.875. The molecule has 0 bridgehead atoms. The lowest BCUT2D eigenvalue weighted by Crippen LogP contribution is -2.31. The van der Waals surface area contributed by atoms with E-state index in [0.29, 0.717) is 13.2 Å². The van der Waals surface area contributed by atoms with Crippen LogP contribution in [0.4, 0.5) is 0 Å². The van der Waals surface area contributed by atoms with Gasteiger partial charge < -0.3 is 14.3 Å². The molecule has 0 radical (unpaired) electrons. The largest absolute Gasteiger partial charge is 0.387 e. The van der Waals surface area contributed by atoms with E-state index in [1.165, 1.54) is 0 Å². The number of nitrogens with zero attached hydrogens (tertiary/aromatic N) is 1. The van der Waals surface area contributed by atoms with Crippen LogP contribution in [0.25, 0.3) is 0 Å². The molecule has 70 valence electrons. The summed E-state index contributed by atoms with van der Waals surface area (Å²) in [4.78, 5) is 5.04. The molecule has 1 aliphatic rings. The third kappa shape index (κ3) is 2.46. The highest BCUT2D eigenvalue weighted by atomic mass is 16.7. The summed E-state index contributed by atoms with van der Waals surface area (Å²) in [6.45, 7) is 5.12. The SMILES string of the molecule is CCOC(OCC)C1CC=NO1. The molecule has 4 nitrogen and oxygen atoms in total. The van der Waals surface area contributed by atoms with Gasteiger partial charge in [0.2, 0.25) is 0 Å². The minimum Gasteiger partial charge on any atom is -0.387 e. The number of ether oxygens (including phenoxy) is 2. The first kappa shape index (κ1) is 9.48. The van der Waals surface area contributed by atoms with Crippen LogP contribution in [0, 0.1) is 0 Å². The summed E-state index contributed by atoms with van der Waals surface area (Å²) in [6.07, 6.45) is 2.16. The zero-order valence-corrected chi connectivity index (χ0v) is 7.53. The van der Waals surface area contributed by atoms with E-state index in [-0.39, 0.29) is 12.4 Å². The second kappa shape index (κ2) is 5.11. The molecule has 1 unspecified atom stereocenters. The Labute approximate surface area is 72.5 Å². The second-order valence-electron chi connectivity index (χ2n) is 2.45. The molecule has 0 aromatic carbocycles. The van der Waals surface area contributed by atoms with Gasteiger partial charge in [-0.2, -0.15) is 0 Å². The van der Waals surface area contributed by atoms with Crippen molar-refractivity contribution >= 4 is 6.21 Å². The van der Waals surface area contributed by atoms with Crippen molar-refractivity contribution in [1.82, 2.24) is 0 Å². The van der Waals surface area contributed by atoms with Crippen LogP contribution < -0.4 is 0 Å². The molecule has 1 aliphatic heterocycles. The Morgan fingerprint density at radius 1 is 1.50 bits per heavy atom. The molecule has 0 aromatic heterocycles. The number of oxime groups is 1. The number of rotatable bonds is 5. The summed E-state index contributed by atoms with van der Waals surface area (Å²) in [7, 11) is 0. The Morgan fingerprint density at radius 3 is 2.58 bits per heavy atom. The molecular formula is C8H15NO3. The molecule has 0 fully saturated rings. The molecule has 1 atom stereocenters. The van der Waals surface area contributed by atoms with Gasteiger partial charge in [0.15, 0.2) is 12.4 Å². The van der Waals surface area contributed by atoms with Crippen molar-refractivity contribution in [3.8, 4) is 0 Å². The zero-order chi connectivity index (χ0) is 8.81. The zero-order valence-electron chi connectivity index (χ0n) is 7.53. The van der Waals surface area contributed by atoms with Crippen molar-refractivity contribution in [1.29, 1.82) is 0 Å². The summed E-state index contributed by atoms with van der Waals surface area (Å²) in [5.41, 5.74) is 0. The summed E-state index contributed by atoms with van der Waals surface area (Å²) in [5.74, 6) is 0. The van der Waals surface area contributed by atoms with Gasteiger partial charge in [0, 0.05) is 25.8 Å². The maximum Gasteiger partial charge on any atom is 0.197 e. The van der Waals surface area contributed by atoms with Gasteiger partial charge in [0.1, 0.15) is 0 Å². The molecule has 0 saturated carbocycles. The van der Waals surface area contributed by atoms with E-state index in [1.807, 2.05) is 13.8 Å². The van der Waals surface area contributed by atoms with Crippen LogP contribution in [0.3, 0.4) is 0 Å². The van der Waals surface area contributed by atoms with E-state index in [0.717, 1.165) is 6.42 Å². The van der Waals surface area contributed by atoms with Crippen LogP contribution >= 0.6 is 0 Å². The van der Waals surface area contributed by atoms with Crippen LogP contribution in [0.1, 0.15) is 20.3 Å². The third-order valence-electron chi connectivity index (χ3n) is 1.57. The highest BCUT2D eigenvalue weighted by molar-refractivity contribution is 5.58. The van der Waals surface area contributed by atoms with E-state index in [1.54, 1.807) is 6.21 Å². The van der Waals surface area contributed by atoms with E-state index in [9.17, 15) is 0 Å². The lowest BCUT2D eigenvalue weighted by Gasteiger charge is -2.20. The third-order valence-corrected chi connectivity index (χ3v) is 1.57. The average Bonchev–Trinajstić information content (AvgIpc) is 2.56. The molecule has 4 heteroatoms. The van der Waals surface area contributed by atoms with E-state index in [4.69, 9.17) is 14.3 Å². The Hall–Kier alpha value is -0.610. The first-order valence-electron chi connectivity index (χ1n) is 4.29. The van der Waals surface area contributed by atoms with Crippen LogP contribution in [-0.4, -0.2) is 31.8 Å². The molecule has 0 spiro atoms. The Balaban J connectivity index is 2.30. The Morgan fingerprint density at radius 2 is 2.17 bits per heavy atom. The van der Waals surface area contributed by atoms with Gasteiger partial charge in [-0.15, -0.1) is 0 Å². The highest BCUT2D eigenvalue weighted by Crippen LogP contribution is 2.13. The molecule has 0 aromatic rings. The predicted octanol–water partition coefficient (Wildman–Crippen LogP) is 1.16. The lowest BCUT2D eigenvalue weighted by atomic mass is 10.3. The standard InChI is InChI=1S/C8H15NO3/c1-3-10-8(11-4-2)7-5-6-9-12-7/h6-8H,3-5H2,1-2H3. The number of hydrogen-bond donors (Lipinski definition) is 0. The first-order valence-corrected chi connectivity index (χ1v) is 4.29. The predicted molar refractivity (Wildman–Crippen MR) is 45.0 cm³/mol. The first-order chi connectivity index (χ1) is 5.88. The van der Waals surface area contributed by atoms with Gasteiger partial charge in [-0.05, 0) is 13.8 Å². The average molecular weight is 173 g/mol. The maximum absolute atomic E-state index is 5.34. The lowest BCUT2D eigenvalue weighted by molar-refractivity contribution is -0.196. The van der Waals surface area contributed by atoms with Crippen LogP contribution in [-0.2, 0) is 14.3 Å². The molecule has 12 heavy (non-hydrogen) atoms. The van der Waals surface area contributed by atoms with Gasteiger partial charge >= 0.3 is 0 Å². The molecule has 0 amide bonds. The van der Waals surface area contributed by atoms with E-state index in [2.05, 4.69) is 5.16 Å². The van der Waals surface area contributed by atoms with Gasteiger partial charge in [-0.3, -0.25) is 0 Å². The summed E-state index contributed by atoms with van der Waals surface area (Å²) >= 11 is 0. The van der Waals surface area contributed by atoms with Crippen LogP contribution in [0.15, 0.2) is 5.16 Å². The van der Waals surface area contributed by atoms with Gasteiger partial charge in [0.25, 0.3) is 0 Å². The van der Waals surface area contributed by atoms with Crippen molar-refractivity contribution in [3.05, 3.63) is 0 Å². The van der Waals surface area contributed by atoms with Gasteiger partial charge in [-0.25, -0.2) is 0 Å². The fourth-order valence-corrected chi connectivity index (χ4v) is 1.06. The quantitative estimate of drug-likeness (QED) is 0.586. The van der Waals surface area contributed by atoms with Gasteiger partial charge in [0.05, 0.1) is 0 Å². The monoisotopic (exact) mass is 173 g/mol. The molecule has 1 heterocycles.